The van der Waals surface area contributed by atoms with Crippen molar-refractivity contribution in [1.82, 2.24) is 4.90 Å². The van der Waals surface area contributed by atoms with Crippen LogP contribution in [0, 0.1) is 0 Å². The highest BCUT2D eigenvalue weighted by Crippen LogP contribution is 2.18. The summed E-state index contributed by atoms with van der Waals surface area (Å²) in [6.45, 7) is 11.9. The lowest BCUT2D eigenvalue weighted by molar-refractivity contribution is -0.0265. The third-order valence-corrected chi connectivity index (χ3v) is 9.92. The van der Waals surface area contributed by atoms with Crippen molar-refractivity contribution >= 4 is 0 Å². The molecule has 1 aliphatic heterocycles. The van der Waals surface area contributed by atoms with Crippen LogP contribution in [0.3, 0.4) is 0 Å². The van der Waals surface area contributed by atoms with E-state index < -0.39 is 0 Å². The fourth-order valence-electron chi connectivity index (χ4n) is 6.60. The molecule has 3 heteroatoms. The molecule has 0 bridgehead atoms. The van der Waals surface area contributed by atoms with Crippen LogP contribution in [0.5, 0.6) is 0 Å². The van der Waals surface area contributed by atoms with Gasteiger partial charge in [0.2, 0.25) is 0 Å². The fraction of sp³-hybridized carbons (Fsp3) is 0.822. The number of allylic oxidation sites excluding steroid dienone is 8. The highest BCUT2D eigenvalue weighted by molar-refractivity contribution is 4.93. The maximum atomic E-state index is 6.41. The van der Waals surface area contributed by atoms with Crippen LogP contribution in [-0.4, -0.2) is 50.0 Å². The van der Waals surface area contributed by atoms with Crippen molar-refractivity contribution in [2.45, 2.75) is 206 Å². The summed E-state index contributed by atoms with van der Waals surface area (Å²) in [4.78, 5) is 2.65. The first-order valence-corrected chi connectivity index (χ1v) is 21.3. The smallest absolute Gasteiger partial charge is 0.0820 e. The predicted octanol–water partition coefficient (Wildman–Crippen LogP) is 13.9. The summed E-state index contributed by atoms with van der Waals surface area (Å²) in [6.07, 6.45) is 53.8. The van der Waals surface area contributed by atoms with Crippen LogP contribution in [0.25, 0.3) is 0 Å². The SMILES string of the molecule is CCCCCC=CCC=CCCCCCCCCOCC(CCN1CCCC1C)OCCCCCCCCC=CCC=CCCCCC. The molecule has 0 spiro atoms. The lowest BCUT2D eigenvalue weighted by Gasteiger charge is -2.24. The van der Waals surface area contributed by atoms with E-state index >= 15 is 0 Å². The molecule has 0 aromatic carbocycles. The minimum absolute atomic E-state index is 0.250. The Kier molecular flexibility index (Phi) is 34.7. The number of rotatable bonds is 36. The second-order valence-corrected chi connectivity index (χ2v) is 14.6. The summed E-state index contributed by atoms with van der Waals surface area (Å²) in [7, 11) is 0. The van der Waals surface area contributed by atoms with E-state index in [4.69, 9.17) is 9.47 Å². The van der Waals surface area contributed by atoms with Crippen LogP contribution in [0.2, 0.25) is 0 Å². The highest BCUT2D eigenvalue weighted by atomic mass is 16.5. The van der Waals surface area contributed by atoms with Crippen molar-refractivity contribution in [3.63, 3.8) is 0 Å². The van der Waals surface area contributed by atoms with Gasteiger partial charge in [-0.15, -0.1) is 0 Å². The van der Waals surface area contributed by atoms with Gasteiger partial charge in [-0.25, -0.2) is 0 Å². The minimum atomic E-state index is 0.250. The topological polar surface area (TPSA) is 21.7 Å². The van der Waals surface area contributed by atoms with Crippen molar-refractivity contribution in [3.8, 4) is 0 Å². The molecule has 1 saturated heterocycles. The average Bonchev–Trinajstić information content (AvgIpc) is 3.51. The van der Waals surface area contributed by atoms with Crippen LogP contribution < -0.4 is 0 Å². The summed E-state index contributed by atoms with van der Waals surface area (Å²) < 4.78 is 12.6. The normalized spacial score (nSPS) is 16.6. The van der Waals surface area contributed by atoms with Crippen molar-refractivity contribution in [1.29, 1.82) is 0 Å². The molecule has 0 radical (unpaired) electrons. The maximum Gasteiger partial charge on any atom is 0.0820 e. The predicted molar refractivity (Wildman–Crippen MR) is 214 cm³/mol. The van der Waals surface area contributed by atoms with Crippen molar-refractivity contribution in [2.75, 3.05) is 32.9 Å². The second kappa shape index (κ2) is 37.1. The molecule has 1 rings (SSSR count). The minimum Gasteiger partial charge on any atom is -0.379 e. The highest BCUT2D eigenvalue weighted by Gasteiger charge is 2.21. The second-order valence-electron chi connectivity index (χ2n) is 14.6. The number of hydrogen-bond acceptors (Lipinski definition) is 3. The molecule has 2 atom stereocenters. The molecule has 0 N–H and O–H groups in total. The molecule has 1 fully saturated rings. The van der Waals surface area contributed by atoms with Gasteiger partial charge in [0, 0.05) is 25.8 Å². The van der Waals surface area contributed by atoms with Crippen molar-refractivity contribution < 1.29 is 9.47 Å². The van der Waals surface area contributed by atoms with Gasteiger partial charge in [-0.1, -0.05) is 140 Å². The quantitative estimate of drug-likeness (QED) is 0.0489. The third kappa shape index (κ3) is 30.9. The number of nitrogens with zero attached hydrogens (tertiary/aromatic N) is 1. The Morgan fingerprint density at radius 3 is 1.50 bits per heavy atom. The zero-order valence-electron chi connectivity index (χ0n) is 32.7. The first-order valence-electron chi connectivity index (χ1n) is 21.3. The first kappa shape index (κ1) is 44.9. The molecule has 0 aromatic rings. The Bertz CT molecular complexity index is 756. The third-order valence-electron chi connectivity index (χ3n) is 9.92. The molecule has 0 aromatic heterocycles. The van der Waals surface area contributed by atoms with Crippen molar-refractivity contribution in [3.05, 3.63) is 48.6 Å². The zero-order chi connectivity index (χ0) is 34.4. The Hall–Kier alpha value is -1.16. The molecular weight excluding hydrogens is 587 g/mol. The van der Waals surface area contributed by atoms with Gasteiger partial charge in [-0.3, -0.25) is 0 Å². The monoisotopic (exact) mass is 670 g/mol. The standard InChI is InChI=1S/C45H83NO2/c1-4-6-8-10-12-14-16-18-20-22-24-26-28-30-32-34-41-47-43-45(38-40-46-39-36-37-44(46)3)48-42-35-33-31-29-27-25-23-21-19-17-15-13-11-9-7-5-2/h12-15,18-21,44-45H,4-11,16-17,22-43H2,1-3H3. The molecule has 0 aliphatic carbocycles. The average molecular weight is 670 g/mol. The molecule has 280 valence electrons. The molecule has 3 nitrogen and oxygen atoms in total. The van der Waals surface area contributed by atoms with E-state index in [2.05, 4.69) is 74.3 Å². The summed E-state index contributed by atoms with van der Waals surface area (Å²) in [5, 5.41) is 0. The van der Waals surface area contributed by atoms with Crippen LogP contribution in [0.1, 0.15) is 194 Å². The number of ether oxygens (including phenoxy) is 2. The summed E-state index contributed by atoms with van der Waals surface area (Å²) in [5.74, 6) is 0. The summed E-state index contributed by atoms with van der Waals surface area (Å²) >= 11 is 0. The summed E-state index contributed by atoms with van der Waals surface area (Å²) in [6, 6.07) is 0.734. The molecule has 2 unspecified atom stereocenters. The van der Waals surface area contributed by atoms with Gasteiger partial charge in [0.05, 0.1) is 12.7 Å². The zero-order valence-corrected chi connectivity index (χ0v) is 32.7. The Labute approximate surface area is 301 Å². The van der Waals surface area contributed by atoms with Gasteiger partial charge >= 0.3 is 0 Å². The lowest BCUT2D eigenvalue weighted by Crippen LogP contribution is -2.32. The molecule has 1 aliphatic rings. The fourth-order valence-corrected chi connectivity index (χ4v) is 6.60. The van der Waals surface area contributed by atoms with Gasteiger partial charge in [0.15, 0.2) is 0 Å². The van der Waals surface area contributed by atoms with Gasteiger partial charge in [0.25, 0.3) is 0 Å². The van der Waals surface area contributed by atoms with E-state index in [0.29, 0.717) is 0 Å². The van der Waals surface area contributed by atoms with E-state index in [0.717, 1.165) is 51.7 Å². The largest absolute Gasteiger partial charge is 0.379 e. The van der Waals surface area contributed by atoms with Crippen LogP contribution in [-0.2, 0) is 9.47 Å². The Balaban J connectivity index is 2.04. The summed E-state index contributed by atoms with van der Waals surface area (Å²) in [5.41, 5.74) is 0. The molecule has 0 amide bonds. The first-order chi connectivity index (χ1) is 23.8. The molecule has 1 heterocycles. The molecular formula is C45H83NO2. The maximum absolute atomic E-state index is 6.41. The van der Waals surface area contributed by atoms with Crippen LogP contribution in [0.15, 0.2) is 48.6 Å². The van der Waals surface area contributed by atoms with Gasteiger partial charge in [0.1, 0.15) is 0 Å². The number of unbranched alkanes of at least 4 members (excludes halogenated alkanes) is 18. The number of likely N-dealkylation sites (tertiary alicyclic amines) is 1. The molecule has 0 saturated carbocycles. The van der Waals surface area contributed by atoms with E-state index in [1.165, 1.54) is 161 Å². The van der Waals surface area contributed by atoms with Gasteiger partial charge in [-0.05, 0) is 110 Å². The van der Waals surface area contributed by atoms with E-state index in [1.807, 2.05) is 0 Å². The van der Waals surface area contributed by atoms with Crippen LogP contribution in [0.4, 0.5) is 0 Å². The Morgan fingerprint density at radius 2 is 1.02 bits per heavy atom. The number of hydrogen-bond donors (Lipinski definition) is 0. The van der Waals surface area contributed by atoms with Crippen molar-refractivity contribution in [2.24, 2.45) is 0 Å². The Morgan fingerprint density at radius 1 is 0.562 bits per heavy atom. The van der Waals surface area contributed by atoms with E-state index in [1.54, 1.807) is 0 Å². The van der Waals surface area contributed by atoms with Crippen LogP contribution >= 0.6 is 0 Å². The van der Waals surface area contributed by atoms with Gasteiger partial charge in [-0.2, -0.15) is 0 Å². The van der Waals surface area contributed by atoms with E-state index in [-0.39, 0.29) is 6.10 Å². The lowest BCUT2D eigenvalue weighted by atomic mass is 10.1. The van der Waals surface area contributed by atoms with Gasteiger partial charge < -0.3 is 14.4 Å². The molecule has 48 heavy (non-hydrogen) atoms. The van der Waals surface area contributed by atoms with E-state index in [9.17, 15) is 0 Å².